The monoisotopic (exact) mass is 594 g/mol. The van der Waals surface area contributed by atoms with Crippen LogP contribution in [0.5, 0.6) is 5.75 Å². The molecule has 2 aromatic rings. The molecule has 42 heavy (non-hydrogen) atoms. The van der Waals surface area contributed by atoms with Crippen molar-refractivity contribution in [3.63, 3.8) is 0 Å². The first-order valence-corrected chi connectivity index (χ1v) is 14.4. The summed E-state index contributed by atoms with van der Waals surface area (Å²) in [5, 5.41) is 44.3. The summed E-state index contributed by atoms with van der Waals surface area (Å²) in [6.45, 7) is 8.21. The maximum atomic E-state index is 13.7. The smallest absolute Gasteiger partial charge is 0.255 e. The number of halogens is 1. The number of hydrogen-bond acceptors (Lipinski definition) is 8. The fraction of sp³-hybridized carbons (Fsp3) is 0.406. The van der Waals surface area contributed by atoms with Gasteiger partial charge >= 0.3 is 0 Å². The summed E-state index contributed by atoms with van der Waals surface area (Å²) >= 11 is 6.92. The van der Waals surface area contributed by atoms with Gasteiger partial charge in [-0.15, -0.1) is 0 Å². The maximum absolute atomic E-state index is 13.7. The second-order valence-corrected chi connectivity index (χ2v) is 12.6. The lowest BCUT2D eigenvalue weighted by Gasteiger charge is -2.45. The summed E-state index contributed by atoms with van der Waals surface area (Å²) in [6.07, 6.45) is -0.0656. The van der Waals surface area contributed by atoms with E-state index in [1.807, 2.05) is 25.1 Å². The molecule has 0 saturated carbocycles. The van der Waals surface area contributed by atoms with E-state index in [1.165, 1.54) is 11.6 Å². The summed E-state index contributed by atoms with van der Waals surface area (Å²) < 4.78 is 0. The minimum Gasteiger partial charge on any atom is -0.511 e. The normalized spacial score (nSPS) is 24.0. The Kier molecular flexibility index (Phi) is 7.50. The predicted molar refractivity (Wildman–Crippen MR) is 156 cm³/mol. The van der Waals surface area contributed by atoms with E-state index in [2.05, 4.69) is 30.9 Å². The van der Waals surface area contributed by atoms with Crippen molar-refractivity contribution >= 4 is 29.1 Å². The highest BCUT2D eigenvalue weighted by molar-refractivity contribution is 6.33. The van der Waals surface area contributed by atoms with Crippen LogP contribution in [0.15, 0.2) is 59.1 Å². The van der Waals surface area contributed by atoms with Crippen LogP contribution in [0, 0.1) is 11.8 Å². The van der Waals surface area contributed by atoms with Crippen LogP contribution in [-0.4, -0.2) is 61.5 Å². The number of ketones is 2. The lowest BCUT2D eigenvalue weighted by atomic mass is 9.60. The zero-order valence-electron chi connectivity index (χ0n) is 23.8. The number of allylic oxidation sites excluding steroid dienone is 2. The van der Waals surface area contributed by atoms with Crippen molar-refractivity contribution in [2.24, 2.45) is 17.6 Å². The Bertz CT molecular complexity index is 1560. The van der Waals surface area contributed by atoms with Crippen LogP contribution in [0.2, 0.25) is 5.02 Å². The number of rotatable bonds is 7. The highest BCUT2D eigenvalue weighted by atomic mass is 35.5. The first kappa shape index (κ1) is 29.8. The molecular weight excluding hydrogens is 560 g/mol. The fourth-order valence-corrected chi connectivity index (χ4v) is 7.18. The Morgan fingerprint density at radius 3 is 2.43 bits per heavy atom. The number of hydrogen-bond donors (Lipinski definition) is 5. The van der Waals surface area contributed by atoms with E-state index < -0.39 is 52.0 Å². The number of aromatic hydroxyl groups is 1. The number of nitrogens with two attached hydrogens (primary N) is 1. The Labute approximate surface area is 248 Å². The molecule has 222 valence electrons. The van der Waals surface area contributed by atoms with Gasteiger partial charge in [-0.25, -0.2) is 0 Å². The Hall–Kier alpha value is -3.66. The van der Waals surface area contributed by atoms with Crippen LogP contribution in [0.4, 0.5) is 0 Å². The van der Waals surface area contributed by atoms with Crippen molar-refractivity contribution < 1.29 is 34.8 Å². The average molecular weight is 595 g/mol. The molecule has 0 heterocycles. The number of benzene rings is 2. The lowest BCUT2D eigenvalue weighted by Crippen LogP contribution is -2.57. The van der Waals surface area contributed by atoms with Crippen LogP contribution < -0.4 is 5.73 Å². The molecule has 9 nitrogen and oxygen atoms in total. The van der Waals surface area contributed by atoms with Gasteiger partial charge in [0.1, 0.15) is 22.8 Å². The van der Waals surface area contributed by atoms with Gasteiger partial charge in [0.25, 0.3) is 5.91 Å². The number of Topliss-reactive ketones (excluding diaryl/α,β-unsaturated/α-hetero) is 2. The number of aliphatic hydroxyl groups is 3. The maximum Gasteiger partial charge on any atom is 0.255 e. The fourth-order valence-electron chi connectivity index (χ4n) is 6.90. The third-order valence-electron chi connectivity index (χ3n) is 9.09. The Morgan fingerprint density at radius 1 is 1.14 bits per heavy atom. The Balaban J connectivity index is 1.50. The molecule has 0 saturated heterocycles. The molecule has 0 aromatic heterocycles. The zero-order valence-corrected chi connectivity index (χ0v) is 24.5. The number of fused-ring (bicyclic) bond motifs is 3. The first-order chi connectivity index (χ1) is 19.7. The molecule has 10 heteroatoms. The number of phenols is 1. The van der Waals surface area contributed by atoms with Crippen molar-refractivity contribution in [1.82, 2.24) is 4.90 Å². The quantitative estimate of drug-likeness (QED) is 0.300. The minimum atomic E-state index is -2.60. The number of phenolic OH excluding ortho intramolecular Hbond substituents is 1. The van der Waals surface area contributed by atoms with Crippen LogP contribution in [0.25, 0.3) is 0 Å². The van der Waals surface area contributed by atoms with Crippen molar-refractivity contribution in [3.05, 3.63) is 86.3 Å². The molecule has 5 rings (SSSR count). The Morgan fingerprint density at radius 2 is 1.81 bits per heavy atom. The van der Waals surface area contributed by atoms with E-state index in [9.17, 15) is 34.8 Å². The molecule has 0 fully saturated rings. The number of likely N-dealkylation sites (N-methyl/N-ethyl adjacent to an activating group) is 1. The van der Waals surface area contributed by atoms with Crippen LogP contribution >= 0.6 is 11.6 Å². The summed E-state index contributed by atoms with van der Waals surface area (Å²) in [5.41, 5.74) is 3.66. The van der Waals surface area contributed by atoms with Gasteiger partial charge in [0.05, 0.1) is 5.56 Å². The topological polar surface area (TPSA) is 161 Å². The molecule has 3 aliphatic rings. The first-order valence-electron chi connectivity index (χ1n) is 14.0. The molecule has 6 N–H and O–H groups in total. The summed E-state index contributed by atoms with van der Waals surface area (Å²) in [4.78, 5) is 40.9. The summed E-state index contributed by atoms with van der Waals surface area (Å²) in [5.74, 6) is -6.63. The molecule has 1 unspecified atom stereocenters. The van der Waals surface area contributed by atoms with E-state index in [-0.39, 0.29) is 41.6 Å². The van der Waals surface area contributed by atoms with Gasteiger partial charge in [0, 0.05) is 41.4 Å². The summed E-state index contributed by atoms with van der Waals surface area (Å²) in [6, 6.07) is 11.6. The highest BCUT2D eigenvalue weighted by Gasteiger charge is 2.59. The van der Waals surface area contributed by atoms with Crippen molar-refractivity contribution in [2.45, 2.75) is 57.6 Å². The molecule has 1 amide bonds. The predicted octanol–water partition coefficient (Wildman–Crippen LogP) is 4.03. The highest BCUT2D eigenvalue weighted by Crippen LogP contribution is 2.52. The molecule has 0 spiro atoms. The second-order valence-electron chi connectivity index (χ2n) is 12.2. The third kappa shape index (κ3) is 4.60. The van der Waals surface area contributed by atoms with Gasteiger partial charge in [-0.05, 0) is 48.1 Å². The van der Waals surface area contributed by atoms with Crippen molar-refractivity contribution in [2.75, 3.05) is 13.1 Å². The minimum absolute atomic E-state index is 0.0522. The average Bonchev–Trinajstić information content (AvgIpc) is 2.93. The van der Waals surface area contributed by atoms with Gasteiger partial charge in [-0.2, -0.15) is 0 Å². The molecule has 0 radical (unpaired) electrons. The van der Waals surface area contributed by atoms with Gasteiger partial charge < -0.3 is 26.2 Å². The van der Waals surface area contributed by atoms with Crippen LogP contribution in [-0.2, 0) is 28.0 Å². The van der Waals surface area contributed by atoms with E-state index in [0.717, 1.165) is 0 Å². The van der Waals surface area contributed by atoms with Crippen LogP contribution in [0.3, 0.4) is 0 Å². The van der Waals surface area contributed by atoms with E-state index in [0.29, 0.717) is 35.8 Å². The molecular formula is C32H35ClN2O7. The third-order valence-corrected chi connectivity index (χ3v) is 9.56. The van der Waals surface area contributed by atoms with Crippen molar-refractivity contribution in [3.8, 4) is 5.75 Å². The van der Waals surface area contributed by atoms with E-state index in [1.54, 1.807) is 0 Å². The van der Waals surface area contributed by atoms with E-state index in [4.69, 9.17) is 17.3 Å². The molecule has 3 atom stereocenters. The lowest BCUT2D eigenvalue weighted by molar-refractivity contribution is -0.144. The van der Waals surface area contributed by atoms with Gasteiger partial charge in [-0.1, -0.05) is 62.7 Å². The summed E-state index contributed by atoms with van der Waals surface area (Å²) in [7, 11) is 0. The standard InChI is InChI=1S/C32H35ClN2O7/c1-4-35(15-31(2,3)18-8-6-5-7-9-18)14-17-12-21(36)24-20(26(17)33)11-16-10-19-13-22(37)25(30(34)41)29(40)32(19,42)28(39)23(16)27(24)38/h5-9,12,16,19,36-37,39,42H,4,10-11,13-15H2,1-3H3,(H2,34,41)/t16?,19-,32-/m0/s1. The molecule has 0 aliphatic heterocycles. The number of carbonyl (C=O) groups excluding carboxylic acids is 3. The molecule has 0 bridgehead atoms. The van der Waals surface area contributed by atoms with Crippen LogP contribution in [0.1, 0.15) is 60.7 Å². The van der Waals surface area contributed by atoms with Gasteiger partial charge in [-0.3, -0.25) is 19.3 Å². The number of primary amides is 1. The molecule has 2 aromatic carbocycles. The SMILES string of the molecule is CCN(Cc1cc(O)c2c(c1Cl)CC1C[C@H]3CC(O)=C(C(N)=O)C(=O)[C@@]3(O)C(O)=C1C2=O)CC(C)(C)c1ccccc1. The number of nitrogens with zero attached hydrogens (tertiary/aromatic N) is 1. The number of aliphatic hydroxyl groups excluding tert-OH is 2. The van der Waals surface area contributed by atoms with Crippen molar-refractivity contribution in [1.29, 1.82) is 0 Å². The number of amides is 1. The number of carbonyl (C=O) groups is 3. The van der Waals surface area contributed by atoms with E-state index >= 15 is 0 Å². The zero-order chi connectivity index (χ0) is 30.7. The molecule has 3 aliphatic carbocycles. The van der Waals surface area contributed by atoms with Gasteiger partial charge in [0.2, 0.25) is 5.78 Å². The largest absolute Gasteiger partial charge is 0.511 e. The second kappa shape index (κ2) is 10.6. The van der Waals surface area contributed by atoms with Gasteiger partial charge in [0.15, 0.2) is 11.4 Å².